The second kappa shape index (κ2) is 6.08. The van der Waals surface area contributed by atoms with E-state index in [4.69, 9.17) is 4.74 Å². The van der Waals surface area contributed by atoms with Gasteiger partial charge < -0.3 is 9.84 Å². The number of hydrogen-bond donors (Lipinski definition) is 1. The molecular weight excluding hydrogens is 338 g/mol. The molecular formula is C17H14F2O4S. The van der Waals surface area contributed by atoms with E-state index in [1.165, 1.54) is 18.2 Å². The molecule has 4 nitrogen and oxygen atoms in total. The van der Waals surface area contributed by atoms with Crippen LogP contribution in [-0.4, -0.2) is 32.7 Å². The van der Waals surface area contributed by atoms with Crippen molar-refractivity contribution < 1.29 is 27.0 Å². The van der Waals surface area contributed by atoms with E-state index in [-0.39, 0.29) is 11.5 Å². The van der Waals surface area contributed by atoms with Crippen LogP contribution in [0.25, 0.3) is 11.1 Å². The van der Waals surface area contributed by atoms with Crippen LogP contribution in [-0.2, 0) is 14.6 Å². The average Bonchev–Trinajstić information content (AvgIpc) is 2.91. The molecule has 0 amide bonds. The van der Waals surface area contributed by atoms with Crippen molar-refractivity contribution in [2.45, 2.75) is 11.2 Å². The summed E-state index contributed by atoms with van der Waals surface area (Å²) in [5.41, 5.74) is 1.87. The Hall–Kier alpha value is -2.09. The average molecular weight is 352 g/mol. The van der Waals surface area contributed by atoms with Gasteiger partial charge in [0.2, 0.25) is 0 Å². The largest absolute Gasteiger partial charge is 0.364 e. The number of hydrogen-bond acceptors (Lipinski definition) is 4. The molecule has 0 radical (unpaired) electrons. The molecule has 1 atom stereocenters. The summed E-state index contributed by atoms with van der Waals surface area (Å²) in [5.74, 6) is -2.00. The van der Waals surface area contributed by atoms with Crippen molar-refractivity contribution in [1.82, 2.24) is 0 Å². The Labute approximate surface area is 137 Å². The van der Waals surface area contributed by atoms with Crippen molar-refractivity contribution in [1.29, 1.82) is 0 Å². The number of halogens is 2. The first-order valence-electron chi connectivity index (χ1n) is 7.06. The fraction of sp³-hybridized carbons (Fsp3) is 0.176. The van der Waals surface area contributed by atoms with E-state index in [2.05, 4.69) is 0 Å². The standard InChI is InChI=1S/C17H14F2O4S/c1-24(21,22)12-5-2-10(3-6-12)13-9-23-17(20)16(13)11-4-7-14(18)15(19)8-11/h2-8,17,20H,9H2,1H3. The lowest BCUT2D eigenvalue weighted by molar-refractivity contribution is -0.0312. The lowest BCUT2D eigenvalue weighted by atomic mass is 9.96. The van der Waals surface area contributed by atoms with Crippen molar-refractivity contribution in [2.75, 3.05) is 12.9 Å². The summed E-state index contributed by atoms with van der Waals surface area (Å²) in [5, 5.41) is 10.0. The molecule has 3 rings (SSSR count). The quantitative estimate of drug-likeness (QED) is 0.922. The highest BCUT2D eigenvalue weighted by Crippen LogP contribution is 2.36. The highest BCUT2D eigenvalue weighted by Gasteiger charge is 2.27. The zero-order valence-corrected chi connectivity index (χ0v) is 13.5. The molecule has 126 valence electrons. The Kier molecular flexibility index (Phi) is 4.25. The maximum atomic E-state index is 13.5. The Morgan fingerprint density at radius 1 is 1.04 bits per heavy atom. The van der Waals surface area contributed by atoms with E-state index >= 15 is 0 Å². The monoisotopic (exact) mass is 352 g/mol. The van der Waals surface area contributed by atoms with Gasteiger partial charge in [-0.2, -0.15) is 0 Å². The lowest BCUT2D eigenvalue weighted by Crippen LogP contribution is -2.07. The van der Waals surface area contributed by atoms with Gasteiger partial charge in [0.15, 0.2) is 27.8 Å². The fourth-order valence-corrected chi connectivity index (χ4v) is 3.23. The third-order valence-electron chi connectivity index (χ3n) is 3.82. The van der Waals surface area contributed by atoms with E-state index in [1.807, 2.05) is 0 Å². The third-order valence-corrected chi connectivity index (χ3v) is 4.95. The zero-order chi connectivity index (χ0) is 17.5. The van der Waals surface area contributed by atoms with Crippen molar-refractivity contribution >= 4 is 21.0 Å². The van der Waals surface area contributed by atoms with E-state index in [9.17, 15) is 22.3 Å². The van der Waals surface area contributed by atoms with E-state index < -0.39 is 27.8 Å². The fourth-order valence-electron chi connectivity index (χ4n) is 2.60. The topological polar surface area (TPSA) is 63.6 Å². The Balaban J connectivity index is 2.09. The molecule has 0 bridgehead atoms. The first-order chi connectivity index (χ1) is 11.3. The molecule has 0 aromatic heterocycles. The highest BCUT2D eigenvalue weighted by molar-refractivity contribution is 7.90. The summed E-state index contributed by atoms with van der Waals surface area (Å²) < 4.78 is 54.8. The number of aliphatic hydroxyl groups excluding tert-OH is 1. The van der Waals surface area contributed by atoms with Crippen LogP contribution in [0.5, 0.6) is 0 Å². The van der Waals surface area contributed by atoms with Gasteiger partial charge in [0.1, 0.15) is 0 Å². The smallest absolute Gasteiger partial charge is 0.182 e. The van der Waals surface area contributed by atoms with Gasteiger partial charge >= 0.3 is 0 Å². The SMILES string of the molecule is CS(=O)(=O)c1ccc(C2=C(c3ccc(F)c(F)c3)C(O)OC2)cc1. The summed E-state index contributed by atoms with van der Waals surface area (Å²) in [7, 11) is -3.32. The molecule has 1 N–H and O–H groups in total. The van der Waals surface area contributed by atoms with Crippen LogP contribution >= 0.6 is 0 Å². The van der Waals surface area contributed by atoms with Crippen LogP contribution in [0.1, 0.15) is 11.1 Å². The normalized spacial score (nSPS) is 18.2. The van der Waals surface area contributed by atoms with E-state index in [1.54, 1.807) is 12.1 Å². The molecule has 1 aliphatic heterocycles. The third kappa shape index (κ3) is 3.10. The van der Waals surface area contributed by atoms with Crippen LogP contribution in [0.2, 0.25) is 0 Å². The second-order valence-electron chi connectivity index (χ2n) is 5.48. The summed E-state index contributed by atoms with van der Waals surface area (Å²) >= 11 is 0. The maximum Gasteiger partial charge on any atom is 0.182 e. The Bertz CT molecular complexity index is 918. The number of rotatable bonds is 3. The van der Waals surface area contributed by atoms with Crippen LogP contribution in [0.4, 0.5) is 8.78 Å². The molecule has 0 saturated heterocycles. The molecule has 7 heteroatoms. The van der Waals surface area contributed by atoms with Crippen molar-refractivity contribution in [2.24, 2.45) is 0 Å². The van der Waals surface area contributed by atoms with E-state index in [0.29, 0.717) is 22.3 Å². The summed E-state index contributed by atoms with van der Waals surface area (Å²) in [6.45, 7) is 0.0771. The summed E-state index contributed by atoms with van der Waals surface area (Å²) in [6, 6.07) is 9.41. The van der Waals surface area contributed by atoms with Gasteiger partial charge in [0.25, 0.3) is 0 Å². The predicted octanol–water partition coefficient (Wildman–Crippen LogP) is 2.63. The molecule has 1 heterocycles. The zero-order valence-electron chi connectivity index (χ0n) is 12.7. The molecule has 0 fully saturated rings. The summed E-state index contributed by atoms with van der Waals surface area (Å²) in [6.07, 6.45) is -0.157. The first-order valence-corrected chi connectivity index (χ1v) is 8.95. The molecule has 2 aromatic rings. The van der Waals surface area contributed by atoms with Crippen molar-refractivity contribution in [3.05, 3.63) is 65.2 Å². The molecule has 0 aliphatic carbocycles. The maximum absolute atomic E-state index is 13.5. The second-order valence-corrected chi connectivity index (χ2v) is 7.50. The molecule has 2 aromatic carbocycles. The van der Waals surface area contributed by atoms with Gasteiger partial charge in [-0.15, -0.1) is 0 Å². The van der Waals surface area contributed by atoms with Crippen LogP contribution in [0, 0.1) is 11.6 Å². The minimum atomic E-state index is -3.32. The lowest BCUT2D eigenvalue weighted by Gasteiger charge is -2.10. The van der Waals surface area contributed by atoms with Crippen LogP contribution in [0.15, 0.2) is 47.4 Å². The van der Waals surface area contributed by atoms with Crippen molar-refractivity contribution in [3.8, 4) is 0 Å². The minimum Gasteiger partial charge on any atom is -0.364 e. The van der Waals surface area contributed by atoms with Gasteiger partial charge in [-0.25, -0.2) is 17.2 Å². The van der Waals surface area contributed by atoms with Gasteiger partial charge in [0, 0.05) is 11.8 Å². The van der Waals surface area contributed by atoms with Gasteiger partial charge in [-0.1, -0.05) is 18.2 Å². The minimum absolute atomic E-state index is 0.0771. The first kappa shape index (κ1) is 16.8. The molecule has 0 saturated carbocycles. The van der Waals surface area contributed by atoms with Gasteiger partial charge in [0.05, 0.1) is 11.5 Å². The number of aliphatic hydroxyl groups is 1. The molecule has 0 spiro atoms. The number of ether oxygens (including phenoxy) is 1. The Morgan fingerprint density at radius 3 is 2.25 bits per heavy atom. The molecule has 1 unspecified atom stereocenters. The van der Waals surface area contributed by atoms with Crippen molar-refractivity contribution in [3.63, 3.8) is 0 Å². The predicted molar refractivity (Wildman–Crippen MR) is 84.7 cm³/mol. The van der Waals surface area contributed by atoms with Crippen LogP contribution < -0.4 is 0 Å². The van der Waals surface area contributed by atoms with Gasteiger partial charge in [-0.3, -0.25) is 0 Å². The molecule has 24 heavy (non-hydrogen) atoms. The number of sulfone groups is 1. The Morgan fingerprint density at radius 2 is 1.67 bits per heavy atom. The van der Waals surface area contributed by atoms with Crippen LogP contribution in [0.3, 0.4) is 0 Å². The highest BCUT2D eigenvalue weighted by atomic mass is 32.2. The number of benzene rings is 2. The van der Waals surface area contributed by atoms with Gasteiger partial charge in [-0.05, 0) is 41.0 Å². The summed E-state index contributed by atoms with van der Waals surface area (Å²) in [4.78, 5) is 0.167. The van der Waals surface area contributed by atoms with E-state index in [0.717, 1.165) is 18.4 Å². The molecule has 1 aliphatic rings.